The Morgan fingerprint density at radius 2 is 1.82 bits per heavy atom. The number of benzene rings is 1. The molecule has 0 aliphatic rings. The largest absolute Gasteiger partial charge is 0.383 e. The van der Waals surface area contributed by atoms with Crippen molar-refractivity contribution in [3.05, 3.63) is 54.1 Å². The van der Waals surface area contributed by atoms with Gasteiger partial charge in [-0.05, 0) is 68.5 Å². The van der Waals surface area contributed by atoms with Crippen LogP contribution < -0.4 is 0 Å². The Hall–Kier alpha value is -0.160. The third-order valence-corrected chi connectivity index (χ3v) is 6.09. The van der Waals surface area contributed by atoms with Gasteiger partial charge in [0.2, 0.25) is 0 Å². The molecule has 1 aromatic heterocycles. The van der Waals surface area contributed by atoms with E-state index in [1.807, 2.05) is 24.3 Å². The van der Waals surface area contributed by atoms with Gasteiger partial charge in [0.25, 0.3) is 0 Å². The fraction of sp³-hybridized carbons (Fsp3) is 0.231. The van der Waals surface area contributed by atoms with Crippen molar-refractivity contribution in [1.29, 1.82) is 0 Å². The summed E-state index contributed by atoms with van der Waals surface area (Å²) in [6, 6.07) is 8.02. The highest BCUT2D eigenvalue weighted by Gasteiger charge is 2.15. The predicted molar refractivity (Wildman–Crippen MR) is 79.7 cm³/mol. The van der Waals surface area contributed by atoms with Crippen LogP contribution in [-0.2, 0) is 0 Å². The van der Waals surface area contributed by atoms with E-state index in [1.165, 1.54) is 11.1 Å². The van der Waals surface area contributed by atoms with Crippen LogP contribution in [0.4, 0.5) is 0 Å². The van der Waals surface area contributed by atoms with Crippen LogP contribution in [0, 0.1) is 13.8 Å². The van der Waals surface area contributed by atoms with Crippen LogP contribution in [-0.4, -0.2) is 5.11 Å². The minimum absolute atomic E-state index is 0.554. The van der Waals surface area contributed by atoms with Crippen molar-refractivity contribution in [3.8, 4) is 0 Å². The SMILES string of the molecule is Cc1ccc(C(O)c2cc(Br)c(Br)s2)cc1C. The number of aliphatic hydroxyl groups excluding tert-OH is 1. The predicted octanol–water partition coefficient (Wildman–Crippen LogP) is 4.97. The first-order valence-corrected chi connectivity index (χ1v) is 7.59. The van der Waals surface area contributed by atoms with Crippen LogP contribution in [0.3, 0.4) is 0 Å². The van der Waals surface area contributed by atoms with Crippen molar-refractivity contribution >= 4 is 43.2 Å². The summed E-state index contributed by atoms with van der Waals surface area (Å²) in [6.45, 7) is 4.13. The van der Waals surface area contributed by atoms with Gasteiger partial charge in [0.1, 0.15) is 6.10 Å². The summed E-state index contributed by atoms with van der Waals surface area (Å²) < 4.78 is 2.00. The highest BCUT2D eigenvalue weighted by molar-refractivity contribution is 9.13. The number of rotatable bonds is 2. The van der Waals surface area contributed by atoms with Gasteiger partial charge in [-0.1, -0.05) is 18.2 Å². The summed E-state index contributed by atoms with van der Waals surface area (Å²) in [6.07, 6.45) is -0.554. The van der Waals surface area contributed by atoms with Gasteiger partial charge in [-0.2, -0.15) is 0 Å². The third kappa shape index (κ3) is 2.81. The van der Waals surface area contributed by atoms with Gasteiger partial charge in [-0.25, -0.2) is 0 Å². The van der Waals surface area contributed by atoms with Crippen molar-refractivity contribution in [2.75, 3.05) is 0 Å². The van der Waals surface area contributed by atoms with Crippen molar-refractivity contribution in [2.24, 2.45) is 0 Å². The molecule has 0 aliphatic carbocycles. The van der Waals surface area contributed by atoms with Crippen molar-refractivity contribution < 1.29 is 5.11 Å². The van der Waals surface area contributed by atoms with Gasteiger partial charge in [0, 0.05) is 9.35 Å². The zero-order valence-corrected chi connectivity index (χ0v) is 13.5. The molecule has 0 fully saturated rings. The van der Waals surface area contributed by atoms with Crippen LogP contribution in [0.5, 0.6) is 0 Å². The van der Waals surface area contributed by atoms with E-state index >= 15 is 0 Å². The topological polar surface area (TPSA) is 20.2 Å². The minimum atomic E-state index is -0.554. The summed E-state index contributed by atoms with van der Waals surface area (Å²) in [5.74, 6) is 0. The molecule has 17 heavy (non-hydrogen) atoms. The van der Waals surface area contributed by atoms with E-state index in [2.05, 4.69) is 45.7 Å². The van der Waals surface area contributed by atoms with Gasteiger partial charge in [0.15, 0.2) is 0 Å². The number of hydrogen-bond acceptors (Lipinski definition) is 2. The maximum atomic E-state index is 10.3. The highest BCUT2D eigenvalue weighted by atomic mass is 79.9. The standard InChI is InChI=1S/C13H12Br2OS/c1-7-3-4-9(5-8(7)2)12(16)11-6-10(14)13(15)17-11/h3-6,12,16H,1-2H3. The molecular formula is C13H12Br2OS. The molecule has 0 spiro atoms. The molecule has 0 saturated heterocycles. The number of aryl methyl sites for hydroxylation is 2. The zero-order chi connectivity index (χ0) is 12.6. The molecule has 0 amide bonds. The molecule has 4 heteroatoms. The van der Waals surface area contributed by atoms with Gasteiger partial charge >= 0.3 is 0 Å². The molecule has 2 aromatic rings. The van der Waals surface area contributed by atoms with Crippen LogP contribution in [0.25, 0.3) is 0 Å². The molecule has 0 bridgehead atoms. The second-order valence-electron chi connectivity index (χ2n) is 4.02. The molecule has 0 radical (unpaired) electrons. The lowest BCUT2D eigenvalue weighted by Gasteiger charge is -2.10. The monoisotopic (exact) mass is 374 g/mol. The van der Waals surface area contributed by atoms with E-state index in [0.717, 1.165) is 18.7 Å². The quantitative estimate of drug-likeness (QED) is 0.785. The van der Waals surface area contributed by atoms with E-state index in [4.69, 9.17) is 0 Å². The van der Waals surface area contributed by atoms with Crippen molar-refractivity contribution in [3.63, 3.8) is 0 Å². The second kappa shape index (κ2) is 5.22. The molecule has 1 N–H and O–H groups in total. The number of hydrogen-bond donors (Lipinski definition) is 1. The van der Waals surface area contributed by atoms with E-state index in [0.29, 0.717) is 0 Å². The molecule has 1 atom stereocenters. The summed E-state index contributed by atoms with van der Waals surface area (Å²) >= 11 is 8.43. The van der Waals surface area contributed by atoms with E-state index in [1.54, 1.807) is 11.3 Å². The molecular weight excluding hydrogens is 364 g/mol. The van der Waals surface area contributed by atoms with Crippen LogP contribution in [0.15, 0.2) is 32.5 Å². The molecule has 1 nitrogen and oxygen atoms in total. The Labute approximate surface area is 122 Å². The van der Waals surface area contributed by atoms with Gasteiger partial charge < -0.3 is 5.11 Å². The Kier molecular flexibility index (Phi) is 4.08. The maximum absolute atomic E-state index is 10.3. The van der Waals surface area contributed by atoms with Gasteiger partial charge in [-0.15, -0.1) is 11.3 Å². The summed E-state index contributed by atoms with van der Waals surface area (Å²) in [7, 11) is 0. The van der Waals surface area contributed by atoms with Gasteiger partial charge in [0.05, 0.1) is 3.79 Å². The third-order valence-electron chi connectivity index (χ3n) is 2.78. The Morgan fingerprint density at radius 3 is 2.35 bits per heavy atom. The smallest absolute Gasteiger partial charge is 0.113 e. The number of aliphatic hydroxyl groups is 1. The molecule has 90 valence electrons. The van der Waals surface area contributed by atoms with Crippen molar-refractivity contribution in [1.82, 2.24) is 0 Å². The first-order chi connectivity index (χ1) is 7.99. The normalized spacial score (nSPS) is 12.8. The lowest BCUT2D eigenvalue weighted by atomic mass is 10.0. The Balaban J connectivity index is 2.36. The maximum Gasteiger partial charge on any atom is 0.113 e. The van der Waals surface area contributed by atoms with Crippen LogP contribution >= 0.6 is 43.2 Å². The van der Waals surface area contributed by atoms with E-state index in [-0.39, 0.29) is 0 Å². The summed E-state index contributed by atoms with van der Waals surface area (Å²) in [5, 5.41) is 10.3. The first-order valence-electron chi connectivity index (χ1n) is 5.19. The van der Waals surface area contributed by atoms with Crippen molar-refractivity contribution in [2.45, 2.75) is 20.0 Å². The van der Waals surface area contributed by atoms with E-state index < -0.39 is 6.10 Å². The number of thiophene rings is 1. The molecule has 2 rings (SSSR count). The van der Waals surface area contributed by atoms with E-state index in [9.17, 15) is 5.11 Å². The molecule has 1 aromatic carbocycles. The highest BCUT2D eigenvalue weighted by Crippen LogP contribution is 2.37. The average molecular weight is 376 g/mol. The Morgan fingerprint density at radius 1 is 1.12 bits per heavy atom. The molecule has 0 saturated carbocycles. The lowest BCUT2D eigenvalue weighted by molar-refractivity contribution is 0.224. The average Bonchev–Trinajstić information content (AvgIpc) is 2.62. The fourth-order valence-corrected chi connectivity index (χ4v) is 3.70. The van der Waals surface area contributed by atoms with Crippen LogP contribution in [0.1, 0.15) is 27.7 Å². The molecule has 1 heterocycles. The molecule has 1 unspecified atom stereocenters. The van der Waals surface area contributed by atoms with Crippen LogP contribution in [0.2, 0.25) is 0 Å². The van der Waals surface area contributed by atoms with Gasteiger partial charge in [-0.3, -0.25) is 0 Å². The first kappa shape index (κ1) is 13.3. The summed E-state index contributed by atoms with van der Waals surface area (Å²) in [5.41, 5.74) is 3.39. The minimum Gasteiger partial charge on any atom is -0.383 e. The summed E-state index contributed by atoms with van der Waals surface area (Å²) in [4.78, 5) is 0.937. The zero-order valence-electron chi connectivity index (χ0n) is 9.50. The lowest BCUT2D eigenvalue weighted by Crippen LogP contribution is -1.98. The fourth-order valence-electron chi connectivity index (χ4n) is 1.60. The molecule has 0 aliphatic heterocycles. The Bertz CT molecular complexity index is 529. The second-order valence-corrected chi connectivity index (χ2v) is 7.27. The number of halogens is 2.